The molecule has 2 aromatic heterocycles. The van der Waals surface area contributed by atoms with Gasteiger partial charge in [0.1, 0.15) is 13.1 Å². The molecule has 4 rings (SSSR count). The lowest BCUT2D eigenvalue weighted by Gasteiger charge is -2.22. The zero-order valence-corrected chi connectivity index (χ0v) is 19.1. The van der Waals surface area contributed by atoms with E-state index in [4.69, 9.17) is 10.5 Å². The van der Waals surface area contributed by atoms with Crippen LogP contribution in [0.15, 0.2) is 60.9 Å². The number of nitriles is 2. The molecule has 0 aliphatic heterocycles. The maximum Gasteiger partial charge on any atom is 0.255 e. The van der Waals surface area contributed by atoms with Crippen LogP contribution in [0.1, 0.15) is 20.7 Å². The molecule has 0 radical (unpaired) electrons. The third-order valence-electron chi connectivity index (χ3n) is 5.98. The SMILES string of the molecule is CN(CCN(C)C(=O)c1cn(CC#N)c2ccccc12)C(=O)c1cn(CC#N)c2ccccc12. The van der Waals surface area contributed by atoms with Crippen molar-refractivity contribution in [2.45, 2.75) is 13.1 Å². The minimum Gasteiger partial charge on any atom is -0.340 e. The Bertz CT molecular complexity index is 1350. The van der Waals surface area contributed by atoms with Crippen LogP contribution in [0.25, 0.3) is 21.8 Å². The highest BCUT2D eigenvalue weighted by atomic mass is 16.2. The Labute approximate surface area is 197 Å². The number of fused-ring (bicyclic) bond motifs is 2. The third-order valence-corrected chi connectivity index (χ3v) is 5.98. The van der Waals surface area contributed by atoms with Gasteiger partial charge in [0.05, 0.1) is 23.3 Å². The number of hydrogen-bond donors (Lipinski definition) is 0. The van der Waals surface area contributed by atoms with Crippen LogP contribution >= 0.6 is 0 Å². The quantitative estimate of drug-likeness (QED) is 0.429. The summed E-state index contributed by atoms with van der Waals surface area (Å²) in [6.45, 7) is 1.01. The first-order chi connectivity index (χ1) is 16.5. The van der Waals surface area contributed by atoms with Crippen LogP contribution in [0.3, 0.4) is 0 Å². The maximum absolute atomic E-state index is 13.2. The summed E-state index contributed by atoms with van der Waals surface area (Å²) in [4.78, 5) is 29.5. The van der Waals surface area contributed by atoms with Crippen LogP contribution in [-0.2, 0) is 13.1 Å². The van der Waals surface area contributed by atoms with Crippen molar-refractivity contribution < 1.29 is 9.59 Å². The Morgan fingerprint density at radius 1 is 0.735 bits per heavy atom. The van der Waals surface area contributed by atoms with Gasteiger partial charge in [-0.3, -0.25) is 9.59 Å². The van der Waals surface area contributed by atoms with Gasteiger partial charge in [-0.25, -0.2) is 0 Å². The molecule has 0 atom stereocenters. The number of carbonyl (C=O) groups is 2. The summed E-state index contributed by atoms with van der Waals surface area (Å²) in [5.41, 5.74) is 2.73. The summed E-state index contributed by atoms with van der Waals surface area (Å²) < 4.78 is 3.53. The first-order valence-corrected chi connectivity index (χ1v) is 10.9. The first kappa shape index (κ1) is 22.6. The molecular weight excluding hydrogens is 428 g/mol. The van der Waals surface area contributed by atoms with Crippen molar-refractivity contribution in [2.75, 3.05) is 27.2 Å². The molecule has 0 spiro atoms. The smallest absolute Gasteiger partial charge is 0.255 e. The molecule has 0 saturated heterocycles. The number of hydrogen-bond acceptors (Lipinski definition) is 4. The summed E-state index contributed by atoms with van der Waals surface area (Å²) >= 11 is 0. The highest BCUT2D eigenvalue weighted by Crippen LogP contribution is 2.24. The van der Waals surface area contributed by atoms with Crippen LogP contribution < -0.4 is 0 Å². The molecule has 170 valence electrons. The monoisotopic (exact) mass is 452 g/mol. The van der Waals surface area contributed by atoms with Gasteiger partial charge < -0.3 is 18.9 Å². The lowest BCUT2D eigenvalue weighted by atomic mass is 10.1. The maximum atomic E-state index is 13.2. The molecule has 0 aliphatic carbocycles. The van der Waals surface area contributed by atoms with E-state index in [2.05, 4.69) is 12.1 Å². The lowest BCUT2D eigenvalue weighted by Crippen LogP contribution is -2.37. The van der Waals surface area contributed by atoms with Crippen LogP contribution in [-0.4, -0.2) is 57.9 Å². The molecule has 0 unspecified atom stereocenters. The molecular formula is C26H24N6O2. The predicted octanol–water partition coefficient (Wildman–Crippen LogP) is 3.49. The first-order valence-electron chi connectivity index (χ1n) is 10.9. The van der Waals surface area contributed by atoms with Gasteiger partial charge in [0, 0.05) is 61.4 Å². The largest absolute Gasteiger partial charge is 0.340 e. The minimum atomic E-state index is -0.167. The standard InChI is InChI=1S/C26H24N6O2/c1-29(25(33)21-17-31(13-11-27)23-9-5-3-7-19(21)23)15-16-30(2)26(34)22-18-32(14-12-28)24-10-6-4-8-20(22)24/h3-10,17-18H,13-16H2,1-2H3. The Morgan fingerprint density at radius 3 is 1.50 bits per heavy atom. The number of benzene rings is 2. The Balaban J connectivity index is 1.49. The minimum absolute atomic E-state index is 0.161. The molecule has 34 heavy (non-hydrogen) atoms. The lowest BCUT2D eigenvalue weighted by molar-refractivity contribution is 0.0720. The second-order valence-corrected chi connectivity index (χ2v) is 8.15. The van der Waals surface area contributed by atoms with Crippen LogP contribution in [0, 0.1) is 22.7 Å². The zero-order chi connectivity index (χ0) is 24.2. The summed E-state index contributed by atoms with van der Waals surface area (Å²) in [6, 6.07) is 19.3. The number of likely N-dealkylation sites (N-methyl/N-ethyl adjacent to an activating group) is 2. The molecule has 8 heteroatoms. The topological polar surface area (TPSA) is 98.1 Å². The summed E-state index contributed by atoms with van der Waals surface area (Å²) in [5.74, 6) is -0.335. The van der Waals surface area contributed by atoms with E-state index >= 15 is 0 Å². The average molecular weight is 453 g/mol. The fourth-order valence-electron chi connectivity index (χ4n) is 4.16. The second kappa shape index (κ2) is 9.51. The average Bonchev–Trinajstić information content (AvgIpc) is 3.41. The van der Waals surface area contributed by atoms with Gasteiger partial charge in [0.2, 0.25) is 0 Å². The predicted molar refractivity (Wildman–Crippen MR) is 129 cm³/mol. The van der Waals surface area contributed by atoms with Crippen molar-refractivity contribution in [3.63, 3.8) is 0 Å². The van der Waals surface area contributed by atoms with Crippen LogP contribution in [0.4, 0.5) is 0 Å². The number of para-hydroxylation sites is 2. The highest BCUT2D eigenvalue weighted by Gasteiger charge is 2.21. The van der Waals surface area contributed by atoms with Gasteiger partial charge in [-0.1, -0.05) is 36.4 Å². The molecule has 2 amide bonds. The van der Waals surface area contributed by atoms with Crippen molar-refractivity contribution in [1.29, 1.82) is 10.5 Å². The van der Waals surface area contributed by atoms with Gasteiger partial charge in [-0.05, 0) is 12.1 Å². The number of amides is 2. The van der Waals surface area contributed by atoms with Gasteiger partial charge in [0.15, 0.2) is 0 Å². The Kier molecular flexibility index (Phi) is 6.33. The molecule has 8 nitrogen and oxygen atoms in total. The second-order valence-electron chi connectivity index (χ2n) is 8.15. The number of aromatic nitrogens is 2. The van der Waals surface area contributed by atoms with E-state index in [1.807, 2.05) is 48.5 Å². The van der Waals surface area contributed by atoms with Gasteiger partial charge >= 0.3 is 0 Å². The van der Waals surface area contributed by atoms with E-state index in [9.17, 15) is 9.59 Å². The molecule has 2 heterocycles. The summed E-state index contributed by atoms with van der Waals surface area (Å²) in [5, 5.41) is 19.8. The normalized spacial score (nSPS) is 10.7. The number of carbonyl (C=O) groups excluding carboxylic acids is 2. The fourth-order valence-corrected chi connectivity index (χ4v) is 4.16. The van der Waals surface area contributed by atoms with E-state index in [1.165, 1.54) is 0 Å². The van der Waals surface area contributed by atoms with Crippen molar-refractivity contribution in [3.05, 3.63) is 72.1 Å². The molecule has 0 saturated carbocycles. The highest BCUT2D eigenvalue weighted by molar-refractivity contribution is 6.08. The van der Waals surface area contributed by atoms with Crippen LogP contribution in [0.2, 0.25) is 0 Å². The van der Waals surface area contributed by atoms with E-state index < -0.39 is 0 Å². The van der Waals surface area contributed by atoms with Gasteiger partial charge in [-0.2, -0.15) is 10.5 Å². The number of nitrogens with zero attached hydrogens (tertiary/aromatic N) is 6. The zero-order valence-electron chi connectivity index (χ0n) is 19.1. The van der Waals surface area contributed by atoms with Gasteiger partial charge in [0.25, 0.3) is 11.8 Å². The van der Waals surface area contributed by atoms with Crippen molar-refractivity contribution in [3.8, 4) is 12.1 Å². The van der Waals surface area contributed by atoms with E-state index in [0.29, 0.717) is 24.2 Å². The number of rotatable bonds is 7. The molecule has 0 bridgehead atoms. The Morgan fingerprint density at radius 2 is 1.12 bits per heavy atom. The third kappa shape index (κ3) is 4.10. The van der Waals surface area contributed by atoms with E-state index in [0.717, 1.165) is 21.8 Å². The van der Waals surface area contributed by atoms with Gasteiger partial charge in [-0.15, -0.1) is 0 Å². The van der Waals surface area contributed by atoms with E-state index in [1.54, 1.807) is 45.4 Å². The molecule has 0 aliphatic rings. The summed E-state index contributed by atoms with van der Waals surface area (Å²) in [7, 11) is 3.41. The molecule has 4 aromatic rings. The molecule has 0 N–H and O–H groups in total. The van der Waals surface area contributed by atoms with Crippen LogP contribution in [0.5, 0.6) is 0 Å². The Hall–Kier alpha value is -4.56. The van der Waals surface area contributed by atoms with Crippen molar-refractivity contribution in [1.82, 2.24) is 18.9 Å². The van der Waals surface area contributed by atoms with E-state index in [-0.39, 0.29) is 24.9 Å². The molecule has 2 aromatic carbocycles. The van der Waals surface area contributed by atoms with Crippen molar-refractivity contribution in [2.24, 2.45) is 0 Å². The fraction of sp³-hybridized carbons (Fsp3) is 0.231. The molecule has 0 fully saturated rings. The summed E-state index contributed by atoms with van der Waals surface area (Å²) in [6.07, 6.45) is 3.43. The van der Waals surface area contributed by atoms with Crippen molar-refractivity contribution >= 4 is 33.6 Å².